The van der Waals surface area contributed by atoms with Gasteiger partial charge >= 0.3 is 0 Å². The zero-order valence-electron chi connectivity index (χ0n) is 14.4. The van der Waals surface area contributed by atoms with Crippen molar-refractivity contribution < 1.29 is 14.7 Å². The molecule has 1 saturated heterocycles. The number of amides is 2. The van der Waals surface area contributed by atoms with Gasteiger partial charge in [-0.05, 0) is 31.2 Å². The third-order valence-corrected chi connectivity index (χ3v) is 4.50. The second-order valence-electron chi connectivity index (χ2n) is 6.51. The predicted molar refractivity (Wildman–Crippen MR) is 93.4 cm³/mol. The molecule has 1 aromatic carbocycles. The van der Waals surface area contributed by atoms with Crippen LogP contribution >= 0.6 is 0 Å². The predicted octanol–water partition coefficient (Wildman–Crippen LogP) is 1.74. The van der Waals surface area contributed by atoms with Crippen molar-refractivity contribution in [1.82, 2.24) is 10.2 Å². The molecule has 0 aliphatic carbocycles. The van der Waals surface area contributed by atoms with Gasteiger partial charge in [-0.25, -0.2) is 0 Å². The van der Waals surface area contributed by atoms with Gasteiger partial charge in [0.25, 0.3) is 0 Å². The Balaban J connectivity index is 1.88. The molecule has 1 heterocycles. The van der Waals surface area contributed by atoms with Gasteiger partial charge in [-0.3, -0.25) is 9.59 Å². The number of nitrogens with one attached hydrogen (secondary N) is 1. The summed E-state index contributed by atoms with van der Waals surface area (Å²) in [4.78, 5) is 26.4. The highest BCUT2D eigenvalue weighted by atomic mass is 16.3. The van der Waals surface area contributed by atoms with Crippen LogP contribution in [0.25, 0.3) is 0 Å². The van der Waals surface area contributed by atoms with Gasteiger partial charge in [-0.15, -0.1) is 0 Å². The van der Waals surface area contributed by atoms with Crippen LogP contribution in [-0.2, 0) is 16.0 Å². The molecule has 0 bridgehead atoms. The normalized spacial score (nSPS) is 18.9. The van der Waals surface area contributed by atoms with Gasteiger partial charge in [0, 0.05) is 19.5 Å². The number of nitrogens with zero attached hydrogens (tertiary/aromatic N) is 1. The Morgan fingerprint density at radius 3 is 2.75 bits per heavy atom. The van der Waals surface area contributed by atoms with Gasteiger partial charge in [0.1, 0.15) is 0 Å². The molecule has 1 aliphatic rings. The van der Waals surface area contributed by atoms with Gasteiger partial charge in [0.15, 0.2) is 0 Å². The van der Waals surface area contributed by atoms with Crippen LogP contribution < -0.4 is 5.32 Å². The van der Waals surface area contributed by atoms with Crippen molar-refractivity contribution in [3.05, 3.63) is 35.9 Å². The van der Waals surface area contributed by atoms with Crippen LogP contribution in [-0.4, -0.2) is 47.6 Å². The lowest BCUT2D eigenvalue weighted by Gasteiger charge is -2.33. The standard InChI is InChI=1S/C19H28N2O3/c1-2-7-18(23)21-11-6-10-16(13-21)19(24)20-17(14-22)12-15-8-4-3-5-9-15/h3-5,8-9,16-17,22H,2,6-7,10-14H2,1H3,(H,20,24). The zero-order chi connectivity index (χ0) is 17.4. The average molecular weight is 332 g/mol. The Kier molecular flexibility index (Phi) is 7.25. The second kappa shape index (κ2) is 9.42. The molecule has 1 aliphatic heterocycles. The number of hydrogen-bond donors (Lipinski definition) is 2. The van der Waals surface area contributed by atoms with E-state index in [1.165, 1.54) is 0 Å². The quantitative estimate of drug-likeness (QED) is 0.799. The summed E-state index contributed by atoms with van der Waals surface area (Å²) in [5.41, 5.74) is 1.08. The van der Waals surface area contributed by atoms with Crippen LogP contribution in [0.4, 0.5) is 0 Å². The minimum absolute atomic E-state index is 0.0565. The van der Waals surface area contributed by atoms with Crippen LogP contribution in [0.3, 0.4) is 0 Å². The van der Waals surface area contributed by atoms with Gasteiger partial charge in [-0.1, -0.05) is 37.3 Å². The van der Waals surface area contributed by atoms with Gasteiger partial charge in [-0.2, -0.15) is 0 Å². The SMILES string of the molecule is CCCC(=O)N1CCCC(C(=O)NC(CO)Cc2ccccc2)C1. The van der Waals surface area contributed by atoms with Gasteiger partial charge in [0.2, 0.25) is 11.8 Å². The van der Waals surface area contributed by atoms with E-state index < -0.39 is 0 Å². The Hall–Kier alpha value is -1.88. The number of hydrogen-bond acceptors (Lipinski definition) is 3. The lowest BCUT2D eigenvalue weighted by Crippen LogP contribution is -2.48. The van der Waals surface area contributed by atoms with Crippen molar-refractivity contribution >= 4 is 11.8 Å². The first-order valence-corrected chi connectivity index (χ1v) is 8.87. The molecular weight excluding hydrogens is 304 g/mol. The molecule has 5 nitrogen and oxygen atoms in total. The Morgan fingerprint density at radius 2 is 2.08 bits per heavy atom. The van der Waals surface area contributed by atoms with Crippen molar-refractivity contribution in [3.63, 3.8) is 0 Å². The van der Waals surface area contributed by atoms with Crippen LogP contribution in [0.15, 0.2) is 30.3 Å². The number of rotatable bonds is 7. The number of aliphatic hydroxyl groups excluding tert-OH is 1. The molecule has 2 amide bonds. The highest BCUT2D eigenvalue weighted by Crippen LogP contribution is 2.18. The van der Waals surface area contributed by atoms with E-state index in [0.29, 0.717) is 19.4 Å². The summed E-state index contributed by atoms with van der Waals surface area (Å²) >= 11 is 0. The van der Waals surface area contributed by atoms with E-state index in [4.69, 9.17) is 0 Å². The molecule has 1 fully saturated rings. The molecule has 0 radical (unpaired) electrons. The van der Waals surface area contributed by atoms with E-state index in [1.807, 2.05) is 42.2 Å². The van der Waals surface area contributed by atoms with Gasteiger partial charge in [0.05, 0.1) is 18.6 Å². The summed E-state index contributed by atoms with van der Waals surface area (Å²) in [5.74, 6) is -0.0960. The highest BCUT2D eigenvalue weighted by molar-refractivity contribution is 5.81. The fourth-order valence-corrected chi connectivity index (χ4v) is 3.17. The topological polar surface area (TPSA) is 69.6 Å². The van der Waals surface area contributed by atoms with E-state index in [9.17, 15) is 14.7 Å². The number of carbonyl (C=O) groups excluding carboxylic acids is 2. The lowest BCUT2D eigenvalue weighted by atomic mass is 9.96. The van der Waals surface area contributed by atoms with Crippen LogP contribution in [0.2, 0.25) is 0 Å². The number of carbonyl (C=O) groups is 2. The maximum atomic E-state index is 12.5. The van der Waals surface area contributed by atoms with Crippen LogP contribution in [0, 0.1) is 5.92 Å². The fraction of sp³-hybridized carbons (Fsp3) is 0.579. The van der Waals surface area contributed by atoms with Crippen molar-refractivity contribution in [2.75, 3.05) is 19.7 Å². The monoisotopic (exact) mass is 332 g/mol. The van der Waals surface area contributed by atoms with Gasteiger partial charge < -0.3 is 15.3 Å². The fourth-order valence-electron chi connectivity index (χ4n) is 3.17. The Bertz CT molecular complexity index is 533. The number of benzene rings is 1. The summed E-state index contributed by atoms with van der Waals surface area (Å²) in [7, 11) is 0. The molecule has 0 spiro atoms. The molecule has 24 heavy (non-hydrogen) atoms. The Labute approximate surface area is 144 Å². The van der Waals surface area contributed by atoms with E-state index in [0.717, 1.165) is 31.4 Å². The smallest absolute Gasteiger partial charge is 0.225 e. The van der Waals surface area contributed by atoms with E-state index in [-0.39, 0.29) is 30.4 Å². The third-order valence-electron chi connectivity index (χ3n) is 4.50. The maximum absolute atomic E-state index is 12.5. The van der Waals surface area contributed by atoms with Crippen molar-refractivity contribution in [2.45, 2.75) is 45.1 Å². The maximum Gasteiger partial charge on any atom is 0.225 e. The van der Waals surface area contributed by atoms with Crippen LogP contribution in [0.5, 0.6) is 0 Å². The zero-order valence-corrected chi connectivity index (χ0v) is 14.4. The molecule has 1 aromatic rings. The lowest BCUT2D eigenvalue weighted by molar-refractivity contribution is -0.136. The Morgan fingerprint density at radius 1 is 1.33 bits per heavy atom. The first kappa shape index (κ1) is 18.5. The molecule has 0 saturated carbocycles. The highest BCUT2D eigenvalue weighted by Gasteiger charge is 2.29. The van der Waals surface area contributed by atoms with E-state index in [1.54, 1.807) is 0 Å². The second-order valence-corrected chi connectivity index (χ2v) is 6.51. The van der Waals surface area contributed by atoms with Crippen molar-refractivity contribution in [3.8, 4) is 0 Å². The number of piperidine rings is 1. The minimum Gasteiger partial charge on any atom is -0.394 e. The summed E-state index contributed by atoms with van der Waals surface area (Å²) in [6.07, 6.45) is 3.63. The molecule has 2 rings (SSSR count). The largest absolute Gasteiger partial charge is 0.394 e. The average Bonchev–Trinajstić information content (AvgIpc) is 2.62. The van der Waals surface area contributed by atoms with E-state index >= 15 is 0 Å². The molecule has 0 aromatic heterocycles. The number of likely N-dealkylation sites (tertiary alicyclic amines) is 1. The van der Waals surface area contributed by atoms with Crippen molar-refractivity contribution in [2.24, 2.45) is 5.92 Å². The molecule has 132 valence electrons. The summed E-state index contributed by atoms with van der Waals surface area (Å²) in [5, 5.41) is 12.5. The molecule has 2 N–H and O–H groups in total. The number of aliphatic hydroxyl groups is 1. The van der Waals surface area contributed by atoms with E-state index in [2.05, 4.69) is 5.32 Å². The molecular formula is C19H28N2O3. The molecule has 5 heteroatoms. The van der Waals surface area contributed by atoms with Crippen LogP contribution in [0.1, 0.15) is 38.2 Å². The first-order valence-electron chi connectivity index (χ1n) is 8.87. The summed E-state index contributed by atoms with van der Waals surface area (Å²) < 4.78 is 0. The summed E-state index contributed by atoms with van der Waals surface area (Å²) in [6, 6.07) is 9.52. The molecule has 2 unspecified atom stereocenters. The van der Waals surface area contributed by atoms with Crippen molar-refractivity contribution in [1.29, 1.82) is 0 Å². The molecule has 2 atom stereocenters. The summed E-state index contributed by atoms with van der Waals surface area (Å²) in [6.45, 7) is 3.14. The third kappa shape index (κ3) is 5.34. The minimum atomic E-state index is -0.290. The first-order chi connectivity index (χ1) is 11.6.